The Bertz CT molecular complexity index is 898. The van der Waals surface area contributed by atoms with Crippen molar-refractivity contribution in [2.45, 2.75) is 39.1 Å². The van der Waals surface area contributed by atoms with Crippen molar-refractivity contribution in [1.29, 1.82) is 0 Å². The van der Waals surface area contributed by atoms with Crippen molar-refractivity contribution in [3.8, 4) is 0 Å². The molecule has 0 amide bonds. The summed E-state index contributed by atoms with van der Waals surface area (Å²) >= 11 is 0. The quantitative estimate of drug-likeness (QED) is 0.288. The van der Waals surface area contributed by atoms with Crippen molar-refractivity contribution in [2.75, 3.05) is 20.6 Å². The predicted molar refractivity (Wildman–Crippen MR) is 136 cm³/mol. The van der Waals surface area contributed by atoms with Crippen LogP contribution in [0.4, 0.5) is 0 Å². The monoisotopic (exact) mass is 544 g/mol. The molecule has 166 valence electrons. The number of hydrogen-bond acceptors (Lipinski definition) is 3. The van der Waals surface area contributed by atoms with Crippen molar-refractivity contribution in [3.63, 3.8) is 0 Å². The average molecular weight is 545 g/mol. The maximum atomic E-state index is 11.7. The minimum absolute atomic E-state index is 0. The molecular weight excluding hydrogens is 511 g/mol. The molecule has 2 N–H and O–H groups in total. The molecular formula is C22H33IN4O2S. The van der Waals surface area contributed by atoms with E-state index in [1.807, 2.05) is 31.3 Å². The van der Waals surface area contributed by atoms with Gasteiger partial charge in [-0.3, -0.25) is 0 Å². The van der Waals surface area contributed by atoms with Gasteiger partial charge in [0.25, 0.3) is 0 Å². The SMILES string of the molecule is CCNC(=NCc1ccc(CS(=O)(=O)NC)cc1)N(C)Cc1ccc(CC)cc1.I. The van der Waals surface area contributed by atoms with E-state index in [1.165, 1.54) is 18.2 Å². The molecule has 0 saturated heterocycles. The molecule has 0 aliphatic heterocycles. The fourth-order valence-electron chi connectivity index (χ4n) is 2.90. The lowest BCUT2D eigenvalue weighted by Crippen LogP contribution is -2.38. The molecule has 0 aliphatic rings. The Morgan fingerprint density at radius 1 is 0.933 bits per heavy atom. The number of nitrogens with zero attached hydrogens (tertiary/aromatic N) is 2. The molecule has 2 aromatic carbocycles. The summed E-state index contributed by atoms with van der Waals surface area (Å²) in [5, 5.41) is 3.33. The topological polar surface area (TPSA) is 73.8 Å². The van der Waals surface area contributed by atoms with Crippen LogP contribution in [0.3, 0.4) is 0 Å². The van der Waals surface area contributed by atoms with Gasteiger partial charge in [0.1, 0.15) is 0 Å². The third kappa shape index (κ3) is 8.61. The molecule has 6 nitrogen and oxygen atoms in total. The van der Waals surface area contributed by atoms with E-state index in [0.717, 1.165) is 36.6 Å². The molecule has 0 saturated carbocycles. The first-order chi connectivity index (χ1) is 13.9. The third-order valence-corrected chi connectivity index (χ3v) is 5.98. The summed E-state index contributed by atoms with van der Waals surface area (Å²) in [7, 11) is 0.196. The molecule has 8 heteroatoms. The first-order valence-corrected chi connectivity index (χ1v) is 11.6. The summed E-state index contributed by atoms with van der Waals surface area (Å²) in [6, 6.07) is 16.2. The normalized spacial score (nSPS) is 11.7. The lowest BCUT2D eigenvalue weighted by Gasteiger charge is -2.22. The smallest absolute Gasteiger partial charge is 0.215 e. The van der Waals surface area contributed by atoms with Gasteiger partial charge < -0.3 is 10.2 Å². The van der Waals surface area contributed by atoms with Crippen molar-refractivity contribution in [2.24, 2.45) is 4.99 Å². The highest BCUT2D eigenvalue weighted by Gasteiger charge is 2.09. The van der Waals surface area contributed by atoms with Gasteiger partial charge in [0.2, 0.25) is 10.0 Å². The van der Waals surface area contributed by atoms with Gasteiger partial charge in [-0.2, -0.15) is 0 Å². The van der Waals surface area contributed by atoms with E-state index >= 15 is 0 Å². The second-order valence-corrected chi connectivity index (χ2v) is 8.90. The largest absolute Gasteiger partial charge is 0.357 e. The lowest BCUT2D eigenvalue weighted by molar-refractivity contribution is 0.476. The molecule has 2 rings (SSSR count). The Balaban J connectivity index is 0.00000450. The van der Waals surface area contributed by atoms with Crippen LogP contribution in [0.15, 0.2) is 53.5 Å². The highest BCUT2D eigenvalue weighted by molar-refractivity contribution is 14.0. The molecule has 0 fully saturated rings. The molecule has 0 aromatic heterocycles. The van der Waals surface area contributed by atoms with Crippen LogP contribution in [-0.4, -0.2) is 39.9 Å². The molecule has 30 heavy (non-hydrogen) atoms. The van der Waals surface area contributed by atoms with Crippen LogP contribution in [0.1, 0.15) is 36.1 Å². The van der Waals surface area contributed by atoms with Gasteiger partial charge in [0.05, 0.1) is 12.3 Å². The van der Waals surface area contributed by atoms with Crippen LogP contribution < -0.4 is 10.0 Å². The summed E-state index contributed by atoms with van der Waals surface area (Å²) in [6.07, 6.45) is 1.04. The van der Waals surface area contributed by atoms with Crippen molar-refractivity contribution < 1.29 is 8.42 Å². The summed E-state index contributed by atoms with van der Waals surface area (Å²) in [5.74, 6) is 0.823. The number of benzene rings is 2. The van der Waals surface area contributed by atoms with Crippen LogP contribution >= 0.6 is 24.0 Å². The van der Waals surface area contributed by atoms with Gasteiger partial charge in [-0.15, -0.1) is 24.0 Å². The fraction of sp³-hybridized carbons (Fsp3) is 0.409. The fourth-order valence-corrected chi connectivity index (χ4v) is 3.67. The van der Waals surface area contributed by atoms with Crippen LogP contribution in [0.5, 0.6) is 0 Å². The maximum absolute atomic E-state index is 11.7. The highest BCUT2D eigenvalue weighted by Crippen LogP contribution is 2.10. The van der Waals surface area contributed by atoms with Gasteiger partial charge >= 0.3 is 0 Å². The summed E-state index contributed by atoms with van der Waals surface area (Å²) in [5.41, 5.74) is 4.37. The summed E-state index contributed by atoms with van der Waals surface area (Å²) in [4.78, 5) is 6.84. The van der Waals surface area contributed by atoms with E-state index in [1.54, 1.807) is 0 Å². The van der Waals surface area contributed by atoms with Gasteiger partial charge in [0.15, 0.2) is 5.96 Å². The number of sulfonamides is 1. The van der Waals surface area contributed by atoms with Crippen molar-refractivity contribution >= 4 is 40.0 Å². The van der Waals surface area contributed by atoms with Gasteiger partial charge in [0, 0.05) is 20.1 Å². The minimum atomic E-state index is -3.26. The Morgan fingerprint density at radius 2 is 1.47 bits per heavy atom. The zero-order valence-corrected chi connectivity index (χ0v) is 21.3. The zero-order valence-electron chi connectivity index (χ0n) is 18.2. The lowest BCUT2D eigenvalue weighted by atomic mass is 10.1. The predicted octanol–water partition coefficient (Wildman–Crippen LogP) is 3.51. The molecule has 2 aromatic rings. The second-order valence-electron chi connectivity index (χ2n) is 6.98. The number of guanidine groups is 1. The second kappa shape index (κ2) is 12.9. The Labute approximate surface area is 198 Å². The molecule has 0 spiro atoms. The number of hydrogen-bond donors (Lipinski definition) is 2. The van der Waals surface area contributed by atoms with Gasteiger partial charge in [-0.05, 0) is 42.6 Å². The number of aliphatic imine (C=N–C) groups is 1. The van der Waals surface area contributed by atoms with Crippen LogP contribution in [0.25, 0.3) is 0 Å². The zero-order chi connectivity index (χ0) is 21.3. The van der Waals surface area contributed by atoms with Crippen LogP contribution in [0.2, 0.25) is 0 Å². The Morgan fingerprint density at radius 3 is 2.00 bits per heavy atom. The summed E-state index contributed by atoms with van der Waals surface area (Å²) < 4.78 is 25.6. The molecule has 0 bridgehead atoms. The molecule has 0 atom stereocenters. The van der Waals surface area contributed by atoms with E-state index in [4.69, 9.17) is 4.99 Å². The highest BCUT2D eigenvalue weighted by atomic mass is 127. The van der Waals surface area contributed by atoms with E-state index in [-0.39, 0.29) is 29.7 Å². The van der Waals surface area contributed by atoms with Crippen LogP contribution in [-0.2, 0) is 35.3 Å². The van der Waals surface area contributed by atoms with E-state index < -0.39 is 10.0 Å². The van der Waals surface area contributed by atoms with Gasteiger partial charge in [-0.1, -0.05) is 55.5 Å². The number of nitrogens with one attached hydrogen (secondary N) is 2. The van der Waals surface area contributed by atoms with E-state index in [0.29, 0.717) is 6.54 Å². The van der Waals surface area contributed by atoms with Crippen LogP contribution in [0, 0.1) is 0 Å². The Hall–Kier alpha value is -1.65. The molecule has 0 aliphatic carbocycles. The maximum Gasteiger partial charge on any atom is 0.215 e. The molecule has 0 unspecified atom stereocenters. The van der Waals surface area contributed by atoms with Crippen molar-refractivity contribution in [3.05, 3.63) is 70.8 Å². The standard InChI is InChI=1S/C22H32N4O2S.HI/c1-5-18-7-11-20(12-8-18)16-26(4)22(24-6-2)25-15-19-9-13-21(14-10-19)17-29(27,28)23-3;/h7-14,23H,5-6,15-17H2,1-4H3,(H,24,25);1H. The van der Waals surface area contributed by atoms with Gasteiger partial charge in [-0.25, -0.2) is 18.1 Å². The number of rotatable bonds is 9. The Kier molecular flexibility index (Phi) is 11.4. The van der Waals surface area contributed by atoms with Crippen molar-refractivity contribution in [1.82, 2.24) is 14.9 Å². The minimum Gasteiger partial charge on any atom is -0.357 e. The number of halogens is 1. The average Bonchev–Trinajstić information content (AvgIpc) is 2.72. The third-order valence-electron chi connectivity index (χ3n) is 4.65. The molecule has 0 radical (unpaired) electrons. The molecule has 0 heterocycles. The van der Waals surface area contributed by atoms with E-state index in [9.17, 15) is 8.42 Å². The van der Waals surface area contributed by atoms with E-state index in [2.05, 4.69) is 53.1 Å². The first-order valence-electron chi connectivity index (χ1n) is 9.93. The first kappa shape index (κ1) is 26.4. The summed E-state index contributed by atoms with van der Waals surface area (Å²) in [6.45, 7) is 6.30. The number of aryl methyl sites for hydroxylation is 1.